The summed E-state index contributed by atoms with van der Waals surface area (Å²) in [4.78, 5) is 23.3. The van der Waals surface area contributed by atoms with Gasteiger partial charge in [-0.25, -0.2) is 0 Å². The van der Waals surface area contributed by atoms with Gasteiger partial charge in [0.25, 0.3) is 5.91 Å². The molecule has 2 N–H and O–H groups in total. The first-order chi connectivity index (χ1) is 12.7. The molecular formula is C20H17Cl2NO4. The summed E-state index contributed by atoms with van der Waals surface area (Å²) in [6, 6.07) is 8.26. The van der Waals surface area contributed by atoms with Crippen molar-refractivity contribution in [2.24, 2.45) is 0 Å². The second-order valence-electron chi connectivity index (χ2n) is 6.51. The van der Waals surface area contributed by atoms with Gasteiger partial charge in [-0.1, -0.05) is 28.8 Å². The van der Waals surface area contributed by atoms with Crippen molar-refractivity contribution in [1.82, 2.24) is 0 Å². The van der Waals surface area contributed by atoms with Crippen LogP contribution in [0.1, 0.15) is 37.8 Å². The number of aliphatic carboxylic acids is 1. The van der Waals surface area contributed by atoms with E-state index in [1.54, 1.807) is 25.1 Å². The second-order valence-corrected chi connectivity index (χ2v) is 7.33. The van der Waals surface area contributed by atoms with Crippen LogP contribution in [0.5, 0.6) is 11.5 Å². The average molecular weight is 406 g/mol. The molecule has 1 amide bonds. The van der Waals surface area contributed by atoms with Crippen molar-refractivity contribution in [3.05, 3.63) is 57.1 Å². The Bertz CT molecular complexity index is 970. The maximum Gasteiger partial charge on any atom is 0.310 e. The van der Waals surface area contributed by atoms with Crippen molar-refractivity contribution in [3.63, 3.8) is 0 Å². The molecule has 140 valence electrons. The van der Waals surface area contributed by atoms with E-state index in [4.69, 9.17) is 33.0 Å². The molecule has 0 aliphatic carbocycles. The highest BCUT2D eigenvalue weighted by Crippen LogP contribution is 2.41. The predicted molar refractivity (Wildman–Crippen MR) is 106 cm³/mol. The van der Waals surface area contributed by atoms with E-state index in [-0.39, 0.29) is 21.7 Å². The van der Waals surface area contributed by atoms with Gasteiger partial charge in [0.05, 0.1) is 16.0 Å². The number of carboxylic acids is 1. The number of nitrogens with one attached hydrogen (secondary N) is 1. The van der Waals surface area contributed by atoms with Crippen molar-refractivity contribution in [2.45, 2.75) is 26.7 Å². The summed E-state index contributed by atoms with van der Waals surface area (Å²) in [5, 5.41) is 12.4. The molecule has 1 aliphatic heterocycles. The summed E-state index contributed by atoms with van der Waals surface area (Å²) in [6.07, 6.45) is 0. The number of amides is 1. The van der Waals surface area contributed by atoms with Gasteiger partial charge in [0.15, 0.2) is 5.75 Å². The van der Waals surface area contributed by atoms with Gasteiger partial charge < -0.3 is 15.2 Å². The van der Waals surface area contributed by atoms with Crippen LogP contribution >= 0.6 is 23.2 Å². The first kappa shape index (κ1) is 19.3. The maximum absolute atomic E-state index is 12.1. The summed E-state index contributed by atoms with van der Waals surface area (Å²) >= 11 is 12.5. The van der Waals surface area contributed by atoms with Crippen LogP contribution in [0.25, 0.3) is 5.57 Å². The topological polar surface area (TPSA) is 75.6 Å². The Balaban J connectivity index is 1.97. The number of carboxylic acid groups (broad SMARTS) is 1. The van der Waals surface area contributed by atoms with E-state index >= 15 is 0 Å². The molecular weight excluding hydrogens is 389 g/mol. The zero-order chi connectivity index (χ0) is 19.9. The van der Waals surface area contributed by atoms with Crippen LogP contribution in [-0.4, -0.2) is 17.0 Å². The maximum atomic E-state index is 12.1. The van der Waals surface area contributed by atoms with Crippen molar-refractivity contribution in [1.29, 1.82) is 0 Å². The molecule has 1 aliphatic rings. The van der Waals surface area contributed by atoms with Crippen molar-refractivity contribution in [3.8, 4) is 11.5 Å². The van der Waals surface area contributed by atoms with Crippen LogP contribution < -0.4 is 10.1 Å². The molecule has 1 heterocycles. The number of hydrogen-bond acceptors (Lipinski definition) is 3. The van der Waals surface area contributed by atoms with Crippen LogP contribution in [0.15, 0.2) is 35.9 Å². The number of anilines is 1. The Morgan fingerprint density at radius 1 is 1.15 bits per heavy atom. The van der Waals surface area contributed by atoms with Gasteiger partial charge in [-0.3, -0.25) is 9.59 Å². The Morgan fingerprint density at radius 3 is 2.33 bits per heavy atom. The number of allylic oxidation sites excluding steroid dienone is 1. The number of carbonyl (C=O) groups excluding carboxylic acids is 1. The fourth-order valence-electron chi connectivity index (χ4n) is 2.89. The smallest absolute Gasteiger partial charge is 0.310 e. The highest BCUT2D eigenvalue weighted by molar-refractivity contribution is 6.37. The van der Waals surface area contributed by atoms with E-state index in [0.717, 1.165) is 11.1 Å². The minimum absolute atomic E-state index is 0.148. The molecule has 0 aromatic heterocycles. The molecule has 3 rings (SSSR count). The molecule has 1 unspecified atom stereocenters. The third kappa shape index (κ3) is 3.66. The van der Waals surface area contributed by atoms with Gasteiger partial charge in [-0.15, -0.1) is 0 Å². The number of rotatable bonds is 4. The molecule has 0 bridgehead atoms. The van der Waals surface area contributed by atoms with E-state index in [9.17, 15) is 9.59 Å². The molecule has 0 radical (unpaired) electrons. The lowest BCUT2D eigenvalue weighted by atomic mass is 10.0. The molecule has 0 saturated carbocycles. The lowest BCUT2D eigenvalue weighted by molar-refractivity contribution is -0.138. The fraction of sp³-hybridized carbons (Fsp3) is 0.200. The molecule has 2 aromatic rings. The van der Waals surface area contributed by atoms with Crippen LogP contribution in [0.2, 0.25) is 10.0 Å². The lowest BCUT2D eigenvalue weighted by Crippen LogP contribution is -2.07. The SMILES string of the molecule is CC(C)=C1C(=O)Nc2ccc(Oc3c(Cl)cc(C(C)C(=O)O)cc3Cl)cc21. The molecule has 0 spiro atoms. The Labute approximate surface area is 166 Å². The zero-order valence-corrected chi connectivity index (χ0v) is 16.4. The number of benzene rings is 2. The summed E-state index contributed by atoms with van der Waals surface area (Å²) in [5.74, 6) is -1.17. The standard InChI is InChI=1S/C20H17Cl2NO4/c1-9(2)17-13-8-12(4-5-16(13)23-19(17)24)27-18-14(21)6-11(7-15(18)22)10(3)20(25)26/h4-8,10H,1-3H3,(H,23,24)(H,25,26). The monoisotopic (exact) mass is 405 g/mol. The third-order valence-corrected chi connectivity index (χ3v) is 4.91. The van der Waals surface area contributed by atoms with Crippen LogP contribution in [0.4, 0.5) is 5.69 Å². The second kappa shape index (κ2) is 7.25. The highest BCUT2D eigenvalue weighted by atomic mass is 35.5. The van der Waals surface area contributed by atoms with Gasteiger partial charge in [0.2, 0.25) is 0 Å². The molecule has 2 aromatic carbocycles. The van der Waals surface area contributed by atoms with E-state index < -0.39 is 11.9 Å². The normalized spacial score (nSPS) is 13.8. The molecule has 5 nitrogen and oxygen atoms in total. The zero-order valence-electron chi connectivity index (χ0n) is 14.9. The van der Waals surface area contributed by atoms with Gasteiger partial charge in [0, 0.05) is 16.8 Å². The summed E-state index contributed by atoms with van der Waals surface area (Å²) in [5.41, 5.74) is 3.46. The summed E-state index contributed by atoms with van der Waals surface area (Å²) < 4.78 is 5.85. The summed E-state index contributed by atoms with van der Waals surface area (Å²) in [6.45, 7) is 5.29. The molecule has 0 saturated heterocycles. The number of hydrogen-bond donors (Lipinski definition) is 2. The lowest BCUT2D eigenvalue weighted by Gasteiger charge is -2.14. The quantitative estimate of drug-likeness (QED) is 0.637. The number of carbonyl (C=O) groups is 2. The Hall–Kier alpha value is -2.50. The molecule has 1 atom stereocenters. The minimum Gasteiger partial charge on any atom is -0.481 e. The van der Waals surface area contributed by atoms with E-state index in [1.807, 2.05) is 13.8 Å². The fourth-order valence-corrected chi connectivity index (χ4v) is 3.47. The van der Waals surface area contributed by atoms with Gasteiger partial charge in [-0.2, -0.15) is 0 Å². The van der Waals surface area contributed by atoms with Gasteiger partial charge >= 0.3 is 5.97 Å². The first-order valence-electron chi connectivity index (χ1n) is 8.22. The average Bonchev–Trinajstić information content (AvgIpc) is 2.92. The molecule has 27 heavy (non-hydrogen) atoms. The van der Waals surface area contributed by atoms with Crippen molar-refractivity contribution >= 4 is 46.3 Å². The van der Waals surface area contributed by atoms with Crippen LogP contribution in [0, 0.1) is 0 Å². The van der Waals surface area contributed by atoms with E-state index in [2.05, 4.69) is 5.32 Å². The van der Waals surface area contributed by atoms with Crippen LogP contribution in [0.3, 0.4) is 0 Å². The molecule has 0 fully saturated rings. The number of halogens is 2. The highest BCUT2D eigenvalue weighted by Gasteiger charge is 2.26. The van der Waals surface area contributed by atoms with Crippen LogP contribution in [-0.2, 0) is 9.59 Å². The van der Waals surface area contributed by atoms with Crippen molar-refractivity contribution in [2.75, 3.05) is 5.32 Å². The van der Waals surface area contributed by atoms with E-state index in [0.29, 0.717) is 22.6 Å². The van der Waals surface area contributed by atoms with Gasteiger partial charge in [-0.05, 0) is 56.7 Å². The van der Waals surface area contributed by atoms with Crippen molar-refractivity contribution < 1.29 is 19.4 Å². The largest absolute Gasteiger partial charge is 0.481 e. The first-order valence-corrected chi connectivity index (χ1v) is 8.97. The summed E-state index contributed by atoms with van der Waals surface area (Å²) in [7, 11) is 0. The minimum atomic E-state index is -0.971. The molecule has 7 heteroatoms. The van der Waals surface area contributed by atoms with E-state index in [1.165, 1.54) is 12.1 Å². The number of ether oxygens (including phenoxy) is 1. The Kier molecular flexibility index (Phi) is 5.18. The third-order valence-electron chi connectivity index (χ3n) is 4.35. The Morgan fingerprint density at radius 2 is 1.78 bits per heavy atom. The number of fused-ring (bicyclic) bond motifs is 1. The predicted octanol–water partition coefficient (Wildman–Crippen LogP) is 5.72. The van der Waals surface area contributed by atoms with Gasteiger partial charge in [0.1, 0.15) is 5.75 Å².